The zero-order valence-electron chi connectivity index (χ0n) is 18.7. The summed E-state index contributed by atoms with van der Waals surface area (Å²) in [7, 11) is 1.58. The lowest BCUT2D eigenvalue weighted by atomic mass is 10.1. The molecule has 0 bridgehead atoms. The third kappa shape index (κ3) is 4.56. The van der Waals surface area contributed by atoms with Gasteiger partial charge < -0.3 is 15.1 Å². The molecule has 2 saturated heterocycles. The zero-order valence-corrected chi connectivity index (χ0v) is 18.7. The van der Waals surface area contributed by atoms with Gasteiger partial charge in [0, 0.05) is 31.8 Å². The lowest BCUT2D eigenvalue weighted by Crippen LogP contribution is -2.75. The van der Waals surface area contributed by atoms with E-state index >= 15 is 0 Å². The molecule has 8 nitrogen and oxygen atoms in total. The van der Waals surface area contributed by atoms with Gasteiger partial charge in [-0.25, -0.2) is 28.0 Å². The molecule has 2 aromatic rings. The van der Waals surface area contributed by atoms with Crippen molar-refractivity contribution in [3.8, 4) is 0 Å². The maximum atomic E-state index is 14.2. The van der Waals surface area contributed by atoms with Crippen molar-refractivity contribution in [2.45, 2.75) is 32.2 Å². The first-order valence-electron chi connectivity index (χ1n) is 10.7. The number of nitrogens with one attached hydrogen (secondary N) is 1. The van der Waals surface area contributed by atoms with Crippen LogP contribution in [0.5, 0.6) is 0 Å². The highest BCUT2D eigenvalue weighted by Gasteiger charge is 2.49. The van der Waals surface area contributed by atoms with Gasteiger partial charge in [0.25, 0.3) is 0 Å². The van der Waals surface area contributed by atoms with Crippen LogP contribution in [0.4, 0.5) is 18.0 Å². The summed E-state index contributed by atoms with van der Waals surface area (Å²) in [5, 5.41) is 5.56. The molecule has 180 valence electrons. The van der Waals surface area contributed by atoms with Crippen LogP contribution < -0.4 is 5.32 Å². The number of carbonyl (C=O) groups excluding carboxylic acids is 3. The molecule has 0 spiro atoms. The SMILES string of the molecule is C[C@H]1C(=O)N(Cc2ccc(F)cc2F)C[C@H]2N1C(=O)CN(C)N2C(=O)NCc1ccc(F)cc1. The second-order valence-electron chi connectivity index (χ2n) is 8.36. The maximum absolute atomic E-state index is 14.2. The van der Waals surface area contributed by atoms with Crippen LogP contribution in [0, 0.1) is 17.5 Å². The lowest BCUT2D eigenvalue weighted by molar-refractivity contribution is -0.186. The fraction of sp³-hybridized carbons (Fsp3) is 0.348. The van der Waals surface area contributed by atoms with Gasteiger partial charge in [-0.3, -0.25) is 9.59 Å². The monoisotopic (exact) mass is 475 g/mol. The molecule has 2 aliphatic rings. The van der Waals surface area contributed by atoms with Crippen molar-refractivity contribution in [2.24, 2.45) is 0 Å². The molecule has 1 N–H and O–H groups in total. The molecule has 34 heavy (non-hydrogen) atoms. The minimum Gasteiger partial charge on any atom is -0.333 e. The van der Waals surface area contributed by atoms with E-state index in [1.807, 2.05) is 0 Å². The Hall–Kier alpha value is -3.60. The number of amides is 4. The van der Waals surface area contributed by atoms with Gasteiger partial charge in [-0.15, -0.1) is 0 Å². The predicted molar refractivity (Wildman–Crippen MR) is 115 cm³/mol. The number of likely N-dealkylation sites (N-methyl/N-ethyl adjacent to an activating group) is 1. The minimum atomic E-state index is -0.879. The van der Waals surface area contributed by atoms with Gasteiger partial charge in [0.05, 0.1) is 13.1 Å². The van der Waals surface area contributed by atoms with Crippen LogP contribution in [-0.2, 0) is 22.7 Å². The number of benzene rings is 2. The number of hydrogen-bond donors (Lipinski definition) is 1. The Labute approximate surface area is 194 Å². The number of carbonyl (C=O) groups is 3. The van der Waals surface area contributed by atoms with Crippen LogP contribution in [0.15, 0.2) is 42.5 Å². The molecular weight excluding hydrogens is 451 g/mol. The van der Waals surface area contributed by atoms with Crippen molar-refractivity contribution < 1.29 is 27.6 Å². The largest absolute Gasteiger partial charge is 0.334 e. The number of hydrazine groups is 1. The minimum absolute atomic E-state index is 0.0555. The topological polar surface area (TPSA) is 76.2 Å². The normalized spacial score (nSPS) is 21.0. The van der Waals surface area contributed by atoms with E-state index in [1.165, 1.54) is 38.0 Å². The van der Waals surface area contributed by atoms with E-state index in [0.717, 1.165) is 12.1 Å². The molecule has 0 aliphatic carbocycles. The van der Waals surface area contributed by atoms with Crippen molar-refractivity contribution in [1.29, 1.82) is 0 Å². The molecule has 2 fully saturated rings. The Morgan fingerprint density at radius 1 is 1.06 bits per heavy atom. The van der Waals surface area contributed by atoms with Crippen LogP contribution >= 0.6 is 0 Å². The molecule has 4 amide bonds. The standard InChI is InChI=1S/C23H24F3N5O3/c1-14-22(33)29(11-16-5-8-18(25)9-19(16)26)12-20-30(14)21(32)13-28(2)31(20)23(34)27-10-15-3-6-17(24)7-4-15/h3-9,14,20H,10-13H2,1-2H3,(H,27,34)/t14-,20-/m0/s1. The Balaban J connectivity index is 1.55. The van der Waals surface area contributed by atoms with E-state index in [0.29, 0.717) is 5.56 Å². The first-order chi connectivity index (χ1) is 16.2. The Morgan fingerprint density at radius 2 is 1.74 bits per heavy atom. The molecule has 2 aromatic carbocycles. The lowest BCUT2D eigenvalue weighted by Gasteiger charge is -2.53. The van der Waals surface area contributed by atoms with E-state index in [9.17, 15) is 27.6 Å². The highest BCUT2D eigenvalue weighted by molar-refractivity contribution is 5.91. The van der Waals surface area contributed by atoms with Crippen LogP contribution in [0.1, 0.15) is 18.1 Å². The van der Waals surface area contributed by atoms with Gasteiger partial charge in [-0.05, 0) is 30.7 Å². The molecule has 4 rings (SSSR count). The van der Waals surface area contributed by atoms with E-state index in [2.05, 4.69) is 5.32 Å². The Kier molecular flexibility index (Phi) is 6.47. The quantitative estimate of drug-likeness (QED) is 0.735. The molecule has 0 radical (unpaired) electrons. The van der Waals surface area contributed by atoms with Gasteiger partial charge in [-0.1, -0.05) is 18.2 Å². The molecule has 2 atom stereocenters. The van der Waals surface area contributed by atoms with E-state index in [1.54, 1.807) is 26.1 Å². The number of fused-ring (bicyclic) bond motifs is 1. The first-order valence-corrected chi connectivity index (χ1v) is 10.7. The summed E-state index contributed by atoms with van der Waals surface area (Å²) < 4.78 is 40.7. The zero-order chi connectivity index (χ0) is 24.6. The van der Waals surface area contributed by atoms with E-state index in [-0.39, 0.29) is 37.6 Å². The third-order valence-electron chi connectivity index (χ3n) is 6.03. The fourth-order valence-corrected chi connectivity index (χ4v) is 4.32. The highest BCUT2D eigenvalue weighted by Crippen LogP contribution is 2.27. The number of urea groups is 1. The average Bonchev–Trinajstić information content (AvgIpc) is 2.78. The maximum Gasteiger partial charge on any atom is 0.334 e. The van der Waals surface area contributed by atoms with Crippen LogP contribution in [-0.4, -0.2) is 70.0 Å². The van der Waals surface area contributed by atoms with Crippen molar-refractivity contribution in [3.05, 3.63) is 71.0 Å². The van der Waals surface area contributed by atoms with Gasteiger partial charge in [-0.2, -0.15) is 0 Å². The molecule has 2 heterocycles. The van der Waals surface area contributed by atoms with Crippen LogP contribution in [0.2, 0.25) is 0 Å². The van der Waals surface area contributed by atoms with Gasteiger partial charge in [0.1, 0.15) is 29.7 Å². The molecule has 0 unspecified atom stereocenters. The number of piperazine rings is 1. The number of halogens is 3. The molecule has 2 aliphatic heterocycles. The molecular formula is C23H24F3N5O3. The molecule has 0 aromatic heterocycles. The number of hydrogen-bond acceptors (Lipinski definition) is 4. The van der Waals surface area contributed by atoms with E-state index in [4.69, 9.17) is 0 Å². The second-order valence-corrected chi connectivity index (χ2v) is 8.36. The average molecular weight is 475 g/mol. The summed E-state index contributed by atoms with van der Waals surface area (Å²) in [4.78, 5) is 41.6. The van der Waals surface area contributed by atoms with Crippen molar-refractivity contribution in [2.75, 3.05) is 20.1 Å². The highest BCUT2D eigenvalue weighted by atomic mass is 19.1. The summed E-state index contributed by atoms with van der Waals surface area (Å²) in [6.07, 6.45) is -0.823. The Morgan fingerprint density at radius 3 is 2.41 bits per heavy atom. The van der Waals surface area contributed by atoms with Gasteiger partial charge in [0.2, 0.25) is 11.8 Å². The smallest absolute Gasteiger partial charge is 0.333 e. The summed E-state index contributed by atoms with van der Waals surface area (Å²) in [6.45, 7) is 1.39. The summed E-state index contributed by atoms with van der Waals surface area (Å²) in [5.74, 6) is -2.62. The van der Waals surface area contributed by atoms with E-state index < -0.39 is 41.6 Å². The molecule has 0 saturated carbocycles. The first kappa shape index (κ1) is 23.6. The van der Waals surface area contributed by atoms with Crippen molar-refractivity contribution in [3.63, 3.8) is 0 Å². The summed E-state index contributed by atoms with van der Waals surface area (Å²) >= 11 is 0. The fourth-order valence-electron chi connectivity index (χ4n) is 4.32. The van der Waals surface area contributed by atoms with Crippen molar-refractivity contribution in [1.82, 2.24) is 25.1 Å². The third-order valence-corrected chi connectivity index (χ3v) is 6.03. The number of nitrogens with zero attached hydrogens (tertiary/aromatic N) is 4. The molecule has 11 heteroatoms. The Bertz CT molecular complexity index is 1110. The summed E-state index contributed by atoms with van der Waals surface area (Å²) in [6, 6.07) is 7.39. The van der Waals surface area contributed by atoms with Crippen LogP contribution in [0.25, 0.3) is 0 Å². The summed E-state index contributed by atoms with van der Waals surface area (Å²) in [5.41, 5.74) is 0.807. The van der Waals surface area contributed by atoms with Crippen molar-refractivity contribution >= 4 is 17.8 Å². The van der Waals surface area contributed by atoms with Gasteiger partial charge >= 0.3 is 6.03 Å². The van der Waals surface area contributed by atoms with Gasteiger partial charge in [0.15, 0.2) is 0 Å². The second kappa shape index (κ2) is 9.34. The predicted octanol–water partition coefficient (Wildman–Crippen LogP) is 2.06. The number of rotatable bonds is 4. The van der Waals surface area contributed by atoms with Crippen LogP contribution in [0.3, 0.4) is 0 Å².